The molecule has 1 aliphatic carbocycles. The summed E-state index contributed by atoms with van der Waals surface area (Å²) < 4.78 is 0. The van der Waals surface area contributed by atoms with E-state index in [0.29, 0.717) is 12.6 Å². The van der Waals surface area contributed by atoms with Gasteiger partial charge in [-0.15, -0.1) is 0 Å². The molecule has 0 aliphatic heterocycles. The number of hydrogen-bond donors (Lipinski definition) is 4. The van der Waals surface area contributed by atoms with Gasteiger partial charge in [0.1, 0.15) is 6.04 Å². The molecule has 0 unspecified atom stereocenters. The van der Waals surface area contributed by atoms with E-state index in [1.807, 2.05) is 0 Å². The fraction of sp³-hybridized carbons (Fsp3) is 0.700. The highest BCUT2D eigenvalue weighted by molar-refractivity contribution is 5.88. The highest BCUT2D eigenvalue weighted by Crippen LogP contribution is 2.18. The van der Waals surface area contributed by atoms with Crippen LogP contribution in [-0.4, -0.2) is 41.5 Å². The van der Waals surface area contributed by atoms with Crippen molar-refractivity contribution in [2.24, 2.45) is 5.73 Å². The number of amides is 2. The van der Waals surface area contributed by atoms with Gasteiger partial charge in [0, 0.05) is 19.0 Å². The van der Waals surface area contributed by atoms with E-state index in [4.69, 9.17) is 10.8 Å². The van der Waals surface area contributed by atoms with Gasteiger partial charge in [0.2, 0.25) is 11.8 Å². The van der Waals surface area contributed by atoms with Crippen LogP contribution >= 0.6 is 0 Å². The summed E-state index contributed by atoms with van der Waals surface area (Å²) in [6, 6.07) is -0.732. The lowest BCUT2D eigenvalue weighted by Gasteiger charge is -2.12. The maximum Gasteiger partial charge on any atom is 0.326 e. The van der Waals surface area contributed by atoms with Crippen LogP contribution in [0.5, 0.6) is 0 Å². The molecule has 0 bridgehead atoms. The Kier molecular flexibility index (Phi) is 4.89. The molecule has 0 aromatic heterocycles. The van der Waals surface area contributed by atoms with Gasteiger partial charge in [-0.25, -0.2) is 4.79 Å². The summed E-state index contributed by atoms with van der Waals surface area (Å²) in [6.45, 7) is 0.513. The monoisotopic (exact) mass is 243 g/mol. The van der Waals surface area contributed by atoms with E-state index >= 15 is 0 Å². The van der Waals surface area contributed by atoms with Crippen molar-refractivity contribution in [2.45, 2.75) is 37.8 Å². The Bertz CT molecular complexity index is 315. The number of hydrogen-bond acceptors (Lipinski definition) is 4. The van der Waals surface area contributed by atoms with Gasteiger partial charge < -0.3 is 21.5 Å². The Labute approximate surface area is 98.7 Å². The standard InChI is InChI=1S/C10H17N3O4/c11-8(14)5-7(10(16)17)13-9(15)3-4-12-6-1-2-6/h6-7,12H,1-5H2,(H2,11,14)(H,13,15)(H,16,17)/t7-/m0/s1. The van der Waals surface area contributed by atoms with Gasteiger partial charge in [-0.2, -0.15) is 0 Å². The summed E-state index contributed by atoms with van der Waals surface area (Å²) in [5, 5.41) is 14.2. The lowest BCUT2D eigenvalue weighted by Crippen LogP contribution is -2.44. The number of nitrogens with two attached hydrogens (primary N) is 1. The van der Waals surface area contributed by atoms with E-state index in [1.165, 1.54) is 0 Å². The lowest BCUT2D eigenvalue weighted by molar-refractivity contribution is -0.143. The second kappa shape index (κ2) is 6.19. The molecule has 0 saturated heterocycles. The van der Waals surface area contributed by atoms with E-state index in [0.717, 1.165) is 12.8 Å². The average molecular weight is 243 g/mol. The van der Waals surface area contributed by atoms with Crippen molar-refractivity contribution in [3.05, 3.63) is 0 Å². The zero-order valence-electron chi connectivity index (χ0n) is 9.44. The minimum atomic E-state index is -1.26. The van der Waals surface area contributed by atoms with Crippen molar-refractivity contribution in [2.75, 3.05) is 6.54 Å². The van der Waals surface area contributed by atoms with Gasteiger partial charge >= 0.3 is 5.97 Å². The predicted octanol–water partition coefficient (Wildman–Crippen LogP) is -1.43. The molecule has 96 valence electrons. The summed E-state index contributed by atoms with van der Waals surface area (Å²) in [5.41, 5.74) is 4.89. The normalized spacial score (nSPS) is 16.2. The number of carboxylic acids is 1. The second-order valence-electron chi connectivity index (χ2n) is 4.11. The van der Waals surface area contributed by atoms with Crippen LogP contribution in [-0.2, 0) is 14.4 Å². The Balaban J connectivity index is 2.24. The summed E-state index contributed by atoms with van der Waals surface area (Å²) in [6.07, 6.45) is 2.05. The van der Waals surface area contributed by atoms with Crippen molar-refractivity contribution in [3.8, 4) is 0 Å². The fourth-order valence-electron chi connectivity index (χ4n) is 1.35. The van der Waals surface area contributed by atoms with Gasteiger partial charge in [0.25, 0.3) is 0 Å². The lowest BCUT2D eigenvalue weighted by atomic mass is 10.2. The number of nitrogens with one attached hydrogen (secondary N) is 2. The zero-order valence-corrected chi connectivity index (χ0v) is 9.44. The van der Waals surface area contributed by atoms with E-state index in [1.54, 1.807) is 0 Å². The highest BCUT2D eigenvalue weighted by atomic mass is 16.4. The first-order valence-corrected chi connectivity index (χ1v) is 5.53. The molecule has 0 aromatic carbocycles. The van der Waals surface area contributed by atoms with Gasteiger partial charge in [-0.05, 0) is 12.8 Å². The number of carbonyl (C=O) groups is 3. The number of carboxylic acid groups (broad SMARTS) is 1. The molecule has 1 saturated carbocycles. The molecule has 0 heterocycles. The fourth-order valence-corrected chi connectivity index (χ4v) is 1.35. The van der Waals surface area contributed by atoms with Gasteiger partial charge in [-0.1, -0.05) is 0 Å². The molecular formula is C10H17N3O4. The molecule has 0 spiro atoms. The molecule has 0 aromatic rings. The summed E-state index contributed by atoms with van der Waals surface area (Å²) in [4.78, 5) is 32.7. The van der Waals surface area contributed by atoms with Crippen LogP contribution in [0.3, 0.4) is 0 Å². The first-order valence-electron chi connectivity index (χ1n) is 5.53. The van der Waals surface area contributed by atoms with Crippen molar-refractivity contribution >= 4 is 17.8 Å². The number of aliphatic carboxylic acids is 1. The first kappa shape index (κ1) is 13.4. The predicted molar refractivity (Wildman–Crippen MR) is 59.0 cm³/mol. The van der Waals surface area contributed by atoms with Crippen LogP contribution in [0.4, 0.5) is 0 Å². The average Bonchev–Trinajstić information content (AvgIpc) is 2.99. The SMILES string of the molecule is NC(=O)C[C@H](NC(=O)CCNC1CC1)C(=O)O. The molecule has 7 nitrogen and oxygen atoms in total. The molecule has 1 atom stereocenters. The van der Waals surface area contributed by atoms with E-state index in [9.17, 15) is 14.4 Å². The first-order chi connectivity index (χ1) is 7.99. The largest absolute Gasteiger partial charge is 0.480 e. The van der Waals surface area contributed by atoms with Gasteiger partial charge in [0.15, 0.2) is 0 Å². The molecule has 1 rings (SSSR count). The molecule has 7 heteroatoms. The topological polar surface area (TPSA) is 122 Å². The molecular weight excluding hydrogens is 226 g/mol. The van der Waals surface area contributed by atoms with Crippen LogP contribution in [0.2, 0.25) is 0 Å². The van der Waals surface area contributed by atoms with Gasteiger partial charge in [-0.3, -0.25) is 9.59 Å². The van der Waals surface area contributed by atoms with Gasteiger partial charge in [0.05, 0.1) is 6.42 Å². The Morgan fingerprint density at radius 1 is 1.35 bits per heavy atom. The molecule has 17 heavy (non-hydrogen) atoms. The van der Waals surface area contributed by atoms with E-state index < -0.39 is 30.2 Å². The molecule has 2 amide bonds. The number of carbonyl (C=O) groups excluding carboxylic acids is 2. The van der Waals surface area contributed by atoms with Crippen LogP contribution in [0.1, 0.15) is 25.7 Å². The minimum absolute atomic E-state index is 0.193. The summed E-state index contributed by atoms with van der Waals surface area (Å²) >= 11 is 0. The zero-order chi connectivity index (χ0) is 12.8. The van der Waals surface area contributed by atoms with Crippen molar-refractivity contribution in [1.82, 2.24) is 10.6 Å². The maximum absolute atomic E-state index is 11.4. The summed E-state index contributed by atoms with van der Waals surface area (Å²) in [5.74, 6) is -2.41. The van der Waals surface area contributed by atoms with Crippen molar-refractivity contribution < 1.29 is 19.5 Å². The third-order valence-electron chi connectivity index (χ3n) is 2.40. The number of primary amides is 1. The van der Waals surface area contributed by atoms with Crippen molar-refractivity contribution in [3.63, 3.8) is 0 Å². The van der Waals surface area contributed by atoms with E-state index in [-0.39, 0.29) is 6.42 Å². The highest BCUT2D eigenvalue weighted by Gasteiger charge is 2.23. The van der Waals surface area contributed by atoms with Crippen LogP contribution < -0.4 is 16.4 Å². The van der Waals surface area contributed by atoms with Crippen LogP contribution in [0.25, 0.3) is 0 Å². The third kappa shape index (κ3) is 5.86. The molecule has 5 N–H and O–H groups in total. The quantitative estimate of drug-likeness (QED) is 0.416. The minimum Gasteiger partial charge on any atom is -0.480 e. The Hall–Kier alpha value is -1.63. The van der Waals surface area contributed by atoms with Crippen LogP contribution in [0.15, 0.2) is 0 Å². The van der Waals surface area contributed by atoms with Crippen LogP contribution in [0, 0.1) is 0 Å². The Morgan fingerprint density at radius 2 is 2.00 bits per heavy atom. The third-order valence-corrected chi connectivity index (χ3v) is 2.40. The smallest absolute Gasteiger partial charge is 0.326 e. The number of rotatable bonds is 8. The molecule has 1 aliphatic rings. The van der Waals surface area contributed by atoms with Crippen molar-refractivity contribution in [1.29, 1.82) is 0 Å². The second-order valence-corrected chi connectivity index (χ2v) is 4.11. The maximum atomic E-state index is 11.4. The molecule has 1 fully saturated rings. The van der Waals surface area contributed by atoms with E-state index in [2.05, 4.69) is 10.6 Å². The summed E-state index contributed by atoms with van der Waals surface area (Å²) in [7, 11) is 0. The molecule has 0 radical (unpaired) electrons. The Morgan fingerprint density at radius 3 is 2.47 bits per heavy atom.